The Kier molecular flexibility index (Phi) is 5.22. The van der Waals surface area contributed by atoms with Gasteiger partial charge in [0.05, 0.1) is 11.3 Å². The number of carbonyl (C=O) groups excluding carboxylic acids is 1. The number of aryl methyl sites for hydroxylation is 2. The van der Waals surface area contributed by atoms with Gasteiger partial charge in [0.2, 0.25) is 0 Å². The van der Waals surface area contributed by atoms with E-state index >= 15 is 0 Å². The maximum atomic E-state index is 12.5. The highest BCUT2D eigenvalue weighted by atomic mass is 16.4. The van der Waals surface area contributed by atoms with Gasteiger partial charge in [-0.3, -0.25) is 4.79 Å². The summed E-state index contributed by atoms with van der Waals surface area (Å²) in [5.41, 5.74) is 3.78. The van der Waals surface area contributed by atoms with Crippen molar-refractivity contribution in [2.75, 3.05) is 0 Å². The lowest BCUT2D eigenvalue weighted by atomic mass is 10.1. The molecule has 5 heteroatoms. The summed E-state index contributed by atoms with van der Waals surface area (Å²) >= 11 is 0. The van der Waals surface area contributed by atoms with Gasteiger partial charge in [-0.25, -0.2) is 4.79 Å². The average molecular weight is 360 g/mol. The van der Waals surface area contributed by atoms with Gasteiger partial charge in [0.1, 0.15) is 0 Å². The zero-order chi connectivity index (χ0) is 19.4. The molecule has 0 fully saturated rings. The fourth-order valence-corrected chi connectivity index (χ4v) is 2.95. The highest BCUT2D eigenvalue weighted by Crippen LogP contribution is 2.22. The third kappa shape index (κ3) is 3.98. The van der Waals surface area contributed by atoms with Crippen molar-refractivity contribution in [3.63, 3.8) is 0 Å². The molecule has 0 aliphatic carbocycles. The zero-order valence-corrected chi connectivity index (χ0v) is 15.1. The molecule has 0 radical (unpaired) electrons. The summed E-state index contributed by atoms with van der Waals surface area (Å²) in [6.45, 7) is 3.79. The van der Waals surface area contributed by atoms with Crippen molar-refractivity contribution >= 4 is 18.0 Å². The summed E-state index contributed by atoms with van der Waals surface area (Å²) in [4.78, 5) is 24.1. The second-order valence-electron chi connectivity index (χ2n) is 6.21. The summed E-state index contributed by atoms with van der Waals surface area (Å²) in [6, 6.07) is 18.0. The van der Waals surface area contributed by atoms with E-state index in [2.05, 4.69) is 5.32 Å². The maximum absolute atomic E-state index is 12.5. The molecule has 3 aromatic rings. The fraction of sp³-hybridized carbons (Fsp3) is 0.0909. The molecule has 2 aromatic carbocycles. The van der Waals surface area contributed by atoms with Gasteiger partial charge in [0, 0.05) is 23.2 Å². The lowest BCUT2D eigenvalue weighted by molar-refractivity contribution is 0.0696. The van der Waals surface area contributed by atoms with Crippen LogP contribution >= 0.6 is 0 Å². The normalized spacial score (nSPS) is 10.9. The summed E-state index contributed by atoms with van der Waals surface area (Å²) in [5, 5.41) is 12.2. The van der Waals surface area contributed by atoms with Crippen LogP contribution in [0.1, 0.15) is 37.7 Å². The first-order chi connectivity index (χ1) is 13.0. The number of carbonyl (C=O) groups is 2. The number of nitrogens with one attached hydrogen (secondary N) is 1. The molecule has 0 saturated heterocycles. The van der Waals surface area contributed by atoms with Gasteiger partial charge in [-0.2, -0.15) is 0 Å². The van der Waals surface area contributed by atoms with Gasteiger partial charge in [-0.05, 0) is 55.8 Å². The number of carboxylic acid groups (broad SMARTS) is 1. The quantitative estimate of drug-likeness (QED) is 0.716. The van der Waals surface area contributed by atoms with E-state index in [1.165, 1.54) is 12.1 Å². The summed E-state index contributed by atoms with van der Waals surface area (Å²) in [5.74, 6) is -1.34. The van der Waals surface area contributed by atoms with Crippen molar-refractivity contribution in [2.24, 2.45) is 0 Å². The van der Waals surface area contributed by atoms with Crippen molar-refractivity contribution in [2.45, 2.75) is 13.8 Å². The van der Waals surface area contributed by atoms with Crippen molar-refractivity contribution in [3.8, 4) is 5.69 Å². The standard InChI is InChI=1S/C22H20N2O3/c1-15-8-9-16(2)24(15)20-14-18(10-11-19(20)22(26)27)21(25)23-13-12-17-6-4-3-5-7-17/h3-14H,1-2H3,(H,23,25)(H,26,27). The average Bonchev–Trinajstić information content (AvgIpc) is 3.00. The van der Waals surface area contributed by atoms with Crippen LogP contribution in [-0.4, -0.2) is 21.6 Å². The number of aromatic nitrogens is 1. The van der Waals surface area contributed by atoms with Gasteiger partial charge in [-0.15, -0.1) is 0 Å². The third-order valence-electron chi connectivity index (χ3n) is 4.29. The molecule has 0 saturated carbocycles. The Balaban J connectivity index is 1.90. The highest BCUT2D eigenvalue weighted by Gasteiger charge is 2.17. The monoisotopic (exact) mass is 360 g/mol. The van der Waals surface area contributed by atoms with Crippen molar-refractivity contribution in [1.82, 2.24) is 9.88 Å². The van der Waals surface area contributed by atoms with E-state index in [4.69, 9.17) is 0 Å². The number of carboxylic acids is 1. The van der Waals surface area contributed by atoms with Crippen molar-refractivity contribution in [3.05, 3.63) is 94.9 Å². The lowest BCUT2D eigenvalue weighted by Gasteiger charge is -2.14. The first kappa shape index (κ1) is 18.2. The summed E-state index contributed by atoms with van der Waals surface area (Å²) < 4.78 is 1.83. The van der Waals surface area contributed by atoms with Crippen LogP contribution < -0.4 is 5.32 Å². The van der Waals surface area contributed by atoms with E-state index in [1.54, 1.807) is 18.3 Å². The van der Waals surface area contributed by atoms with Gasteiger partial charge >= 0.3 is 5.97 Å². The number of benzene rings is 2. The smallest absolute Gasteiger partial charge is 0.337 e. The van der Waals surface area contributed by atoms with Gasteiger partial charge in [0.15, 0.2) is 0 Å². The highest BCUT2D eigenvalue weighted by molar-refractivity contribution is 5.99. The molecule has 1 aromatic heterocycles. The van der Waals surface area contributed by atoms with E-state index < -0.39 is 5.97 Å². The molecule has 0 aliphatic rings. The number of nitrogens with zero attached hydrogens (tertiary/aromatic N) is 1. The number of rotatable bonds is 5. The second kappa shape index (κ2) is 7.74. The minimum absolute atomic E-state index is 0.147. The van der Waals surface area contributed by atoms with Gasteiger partial charge in [0.25, 0.3) is 5.91 Å². The topological polar surface area (TPSA) is 71.3 Å². The Morgan fingerprint density at radius 3 is 2.26 bits per heavy atom. The van der Waals surface area contributed by atoms with Crippen molar-refractivity contribution < 1.29 is 14.7 Å². The fourth-order valence-electron chi connectivity index (χ4n) is 2.95. The van der Waals surface area contributed by atoms with E-state index in [1.807, 2.05) is 60.9 Å². The molecule has 1 heterocycles. The van der Waals surface area contributed by atoms with Crippen LogP contribution in [0.5, 0.6) is 0 Å². The van der Waals surface area contributed by atoms with E-state index in [0.717, 1.165) is 17.0 Å². The molecule has 0 bridgehead atoms. The maximum Gasteiger partial charge on any atom is 0.337 e. The first-order valence-electron chi connectivity index (χ1n) is 8.52. The SMILES string of the molecule is Cc1ccc(C)n1-c1cc(C(=O)NC=Cc2ccccc2)ccc1C(=O)O. The Morgan fingerprint density at radius 1 is 0.963 bits per heavy atom. The largest absolute Gasteiger partial charge is 0.478 e. The van der Waals surface area contributed by atoms with E-state index in [0.29, 0.717) is 11.3 Å². The van der Waals surface area contributed by atoms with Crippen LogP contribution in [0.4, 0.5) is 0 Å². The van der Waals surface area contributed by atoms with Crippen LogP contribution in [-0.2, 0) is 0 Å². The molecule has 0 spiro atoms. The van der Waals surface area contributed by atoms with Gasteiger partial charge < -0.3 is 15.0 Å². The van der Waals surface area contributed by atoms with Crippen LogP contribution in [0.25, 0.3) is 11.8 Å². The predicted molar refractivity (Wildman–Crippen MR) is 105 cm³/mol. The molecule has 136 valence electrons. The lowest BCUT2D eigenvalue weighted by Crippen LogP contribution is -2.18. The molecule has 3 rings (SSSR count). The molecule has 2 N–H and O–H groups in total. The Labute approximate surface area is 157 Å². The molecule has 27 heavy (non-hydrogen) atoms. The van der Waals surface area contributed by atoms with Crippen molar-refractivity contribution in [1.29, 1.82) is 0 Å². The Hall–Kier alpha value is -3.60. The second-order valence-corrected chi connectivity index (χ2v) is 6.21. The molecule has 0 atom stereocenters. The Morgan fingerprint density at radius 2 is 1.63 bits per heavy atom. The predicted octanol–water partition coefficient (Wildman–Crippen LogP) is 4.19. The number of aromatic carboxylic acids is 1. The van der Waals surface area contributed by atoms with Crippen LogP contribution in [0, 0.1) is 13.8 Å². The molecular weight excluding hydrogens is 340 g/mol. The molecule has 5 nitrogen and oxygen atoms in total. The summed E-state index contributed by atoms with van der Waals surface area (Å²) in [6.07, 6.45) is 3.37. The summed E-state index contributed by atoms with van der Waals surface area (Å²) in [7, 11) is 0. The van der Waals surface area contributed by atoms with E-state index in [-0.39, 0.29) is 11.5 Å². The number of hydrogen-bond donors (Lipinski definition) is 2. The third-order valence-corrected chi connectivity index (χ3v) is 4.29. The number of hydrogen-bond acceptors (Lipinski definition) is 2. The molecule has 1 amide bonds. The minimum Gasteiger partial charge on any atom is -0.478 e. The van der Waals surface area contributed by atoms with Crippen LogP contribution in [0.2, 0.25) is 0 Å². The first-order valence-corrected chi connectivity index (χ1v) is 8.52. The van der Waals surface area contributed by atoms with Crippen LogP contribution in [0.3, 0.4) is 0 Å². The van der Waals surface area contributed by atoms with Crippen LogP contribution in [0.15, 0.2) is 66.9 Å². The minimum atomic E-state index is -1.03. The number of amides is 1. The molecule has 0 aliphatic heterocycles. The zero-order valence-electron chi connectivity index (χ0n) is 15.1. The van der Waals surface area contributed by atoms with E-state index in [9.17, 15) is 14.7 Å². The van der Waals surface area contributed by atoms with Gasteiger partial charge in [-0.1, -0.05) is 30.3 Å². The Bertz CT molecular complexity index is 998. The molecular formula is C22H20N2O3. The molecule has 0 unspecified atom stereocenters.